The van der Waals surface area contributed by atoms with Gasteiger partial charge in [-0.25, -0.2) is 0 Å². The lowest BCUT2D eigenvalue weighted by atomic mass is 9.87. The fourth-order valence-electron chi connectivity index (χ4n) is 3.73. The molecule has 0 radical (unpaired) electrons. The maximum atomic E-state index is 5.81. The van der Waals surface area contributed by atoms with Gasteiger partial charge in [0.05, 0.1) is 0 Å². The molecule has 1 heterocycles. The minimum Gasteiger partial charge on any atom is -0.381 e. The third-order valence-corrected chi connectivity index (χ3v) is 5.33. The van der Waals surface area contributed by atoms with Gasteiger partial charge in [0.2, 0.25) is 0 Å². The average molecular weight is 481 g/mol. The molecule has 2 aliphatic rings. The van der Waals surface area contributed by atoms with Crippen LogP contribution in [0.15, 0.2) is 4.99 Å². The second-order valence-electron chi connectivity index (χ2n) is 7.46. The zero-order chi connectivity index (χ0) is 17.6. The molecule has 1 aliphatic carbocycles. The van der Waals surface area contributed by atoms with Crippen LogP contribution in [0.3, 0.4) is 0 Å². The number of ether oxygens (including phenoxy) is 2. The zero-order valence-electron chi connectivity index (χ0n) is 16.6. The van der Waals surface area contributed by atoms with Gasteiger partial charge >= 0.3 is 0 Å². The molecule has 0 bridgehead atoms. The summed E-state index contributed by atoms with van der Waals surface area (Å²) >= 11 is 0. The zero-order valence-corrected chi connectivity index (χ0v) is 19.0. The highest BCUT2D eigenvalue weighted by Gasteiger charge is 2.14. The Balaban J connectivity index is 0.00000338. The highest BCUT2D eigenvalue weighted by molar-refractivity contribution is 14.0. The smallest absolute Gasteiger partial charge is 0.191 e. The van der Waals surface area contributed by atoms with Gasteiger partial charge in [-0.05, 0) is 44.4 Å². The van der Waals surface area contributed by atoms with E-state index in [1.807, 2.05) is 0 Å². The first-order valence-corrected chi connectivity index (χ1v) is 10.6. The first kappa shape index (κ1) is 24.0. The van der Waals surface area contributed by atoms with Crippen LogP contribution in [0, 0.1) is 11.8 Å². The van der Waals surface area contributed by atoms with Gasteiger partial charge < -0.3 is 20.1 Å². The van der Waals surface area contributed by atoms with Crippen molar-refractivity contribution in [2.45, 2.75) is 64.7 Å². The fourth-order valence-corrected chi connectivity index (χ4v) is 3.73. The van der Waals surface area contributed by atoms with E-state index in [-0.39, 0.29) is 24.0 Å². The largest absolute Gasteiger partial charge is 0.381 e. The molecule has 6 heteroatoms. The molecule has 0 atom stereocenters. The first-order valence-electron chi connectivity index (χ1n) is 10.6. The molecule has 0 spiro atoms. The summed E-state index contributed by atoms with van der Waals surface area (Å²) in [5.41, 5.74) is 0. The van der Waals surface area contributed by atoms with Crippen LogP contribution < -0.4 is 10.6 Å². The van der Waals surface area contributed by atoms with Crippen molar-refractivity contribution in [1.82, 2.24) is 10.6 Å². The number of halogens is 1. The second kappa shape index (κ2) is 15.9. The number of guanidine groups is 1. The van der Waals surface area contributed by atoms with Crippen molar-refractivity contribution in [3.05, 3.63) is 0 Å². The van der Waals surface area contributed by atoms with Crippen LogP contribution in [0.1, 0.15) is 64.7 Å². The monoisotopic (exact) mass is 481 g/mol. The van der Waals surface area contributed by atoms with Crippen molar-refractivity contribution in [3.63, 3.8) is 0 Å². The highest BCUT2D eigenvalue weighted by atomic mass is 127. The third kappa shape index (κ3) is 10.9. The predicted molar refractivity (Wildman–Crippen MR) is 120 cm³/mol. The van der Waals surface area contributed by atoms with Crippen LogP contribution in [0.4, 0.5) is 0 Å². The Morgan fingerprint density at radius 1 is 1.04 bits per heavy atom. The molecule has 26 heavy (non-hydrogen) atoms. The number of nitrogens with one attached hydrogen (secondary N) is 2. The Kier molecular flexibility index (Phi) is 14.7. The van der Waals surface area contributed by atoms with E-state index >= 15 is 0 Å². The quantitative estimate of drug-likeness (QED) is 0.215. The van der Waals surface area contributed by atoms with E-state index in [1.54, 1.807) is 0 Å². The summed E-state index contributed by atoms with van der Waals surface area (Å²) in [5.74, 6) is 2.57. The number of hydrogen-bond donors (Lipinski definition) is 2. The molecule has 1 aliphatic heterocycles. The van der Waals surface area contributed by atoms with Crippen molar-refractivity contribution >= 4 is 29.9 Å². The van der Waals surface area contributed by atoms with Crippen molar-refractivity contribution in [2.24, 2.45) is 16.8 Å². The summed E-state index contributed by atoms with van der Waals surface area (Å²) < 4.78 is 11.2. The van der Waals surface area contributed by atoms with Crippen molar-refractivity contribution in [1.29, 1.82) is 0 Å². The number of aliphatic imine (C=N–C) groups is 1. The van der Waals surface area contributed by atoms with Crippen LogP contribution in [-0.4, -0.2) is 52.0 Å². The SMILES string of the molecule is CCNC(=NCCCOCC1CCOCC1)NCCC1CCCCC1.I. The van der Waals surface area contributed by atoms with Gasteiger partial charge in [-0.2, -0.15) is 0 Å². The normalized spacial score (nSPS) is 19.8. The Morgan fingerprint density at radius 3 is 2.54 bits per heavy atom. The van der Waals surface area contributed by atoms with Gasteiger partial charge in [-0.15, -0.1) is 24.0 Å². The van der Waals surface area contributed by atoms with E-state index in [4.69, 9.17) is 9.47 Å². The van der Waals surface area contributed by atoms with E-state index < -0.39 is 0 Å². The maximum Gasteiger partial charge on any atom is 0.191 e. The van der Waals surface area contributed by atoms with Gasteiger partial charge in [-0.3, -0.25) is 4.99 Å². The van der Waals surface area contributed by atoms with Crippen molar-refractivity contribution in [3.8, 4) is 0 Å². The van der Waals surface area contributed by atoms with E-state index in [9.17, 15) is 0 Å². The van der Waals surface area contributed by atoms with Gasteiger partial charge in [0, 0.05) is 46.1 Å². The van der Waals surface area contributed by atoms with E-state index in [0.717, 1.165) is 77.2 Å². The second-order valence-corrected chi connectivity index (χ2v) is 7.46. The predicted octanol–water partition coefficient (Wildman–Crippen LogP) is 3.96. The molecule has 2 N–H and O–H groups in total. The molecule has 0 aromatic rings. The fraction of sp³-hybridized carbons (Fsp3) is 0.950. The molecule has 0 amide bonds. The van der Waals surface area contributed by atoms with E-state index in [1.165, 1.54) is 38.5 Å². The lowest BCUT2D eigenvalue weighted by molar-refractivity contribution is 0.0205. The van der Waals surface area contributed by atoms with Crippen LogP contribution >= 0.6 is 24.0 Å². The molecular weight excluding hydrogens is 441 g/mol. The van der Waals surface area contributed by atoms with Crippen LogP contribution in [-0.2, 0) is 9.47 Å². The molecular formula is C20H40IN3O2. The molecule has 1 saturated carbocycles. The summed E-state index contributed by atoms with van der Waals surface area (Å²) in [6.45, 7) is 8.39. The summed E-state index contributed by atoms with van der Waals surface area (Å²) in [6.07, 6.45) is 11.7. The van der Waals surface area contributed by atoms with Gasteiger partial charge in [-0.1, -0.05) is 32.1 Å². The van der Waals surface area contributed by atoms with Crippen LogP contribution in [0.5, 0.6) is 0 Å². The number of nitrogens with zero attached hydrogens (tertiary/aromatic N) is 1. The molecule has 2 rings (SSSR count). The minimum absolute atomic E-state index is 0. The lowest BCUT2D eigenvalue weighted by Gasteiger charge is -2.22. The molecule has 0 unspecified atom stereocenters. The third-order valence-electron chi connectivity index (χ3n) is 5.33. The molecule has 5 nitrogen and oxygen atoms in total. The van der Waals surface area contributed by atoms with Crippen molar-refractivity contribution < 1.29 is 9.47 Å². The molecule has 0 aromatic carbocycles. The Labute approximate surface area is 177 Å². The average Bonchev–Trinajstić information content (AvgIpc) is 2.66. The Bertz CT molecular complexity index is 357. The van der Waals surface area contributed by atoms with E-state index in [0.29, 0.717) is 5.92 Å². The van der Waals surface area contributed by atoms with Gasteiger partial charge in [0.1, 0.15) is 0 Å². The highest BCUT2D eigenvalue weighted by Crippen LogP contribution is 2.25. The molecule has 2 fully saturated rings. The summed E-state index contributed by atoms with van der Waals surface area (Å²) in [5, 5.41) is 6.84. The van der Waals surface area contributed by atoms with Crippen molar-refractivity contribution in [2.75, 3.05) is 46.1 Å². The van der Waals surface area contributed by atoms with Gasteiger partial charge in [0.15, 0.2) is 5.96 Å². The topological polar surface area (TPSA) is 54.9 Å². The lowest BCUT2D eigenvalue weighted by Crippen LogP contribution is -2.38. The molecule has 0 aromatic heterocycles. The van der Waals surface area contributed by atoms with Crippen LogP contribution in [0.25, 0.3) is 0 Å². The van der Waals surface area contributed by atoms with E-state index in [2.05, 4.69) is 22.5 Å². The summed E-state index contributed by atoms with van der Waals surface area (Å²) in [6, 6.07) is 0. The summed E-state index contributed by atoms with van der Waals surface area (Å²) in [7, 11) is 0. The molecule has 1 saturated heterocycles. The maximum absolute atomic E-state index is 5.81. The minimum atomic E-state index is 0. The van der Waals surface area contributed by atoms with Crippen LogP contribution in [0.2, 0.25) is 0 Å². The van der Waals surface area contributed by atoms with Gasteiger partial charge in [0.25, 0.3) is 0 Å². The summed E-state index contributed by atoms with van der Waals surface area (Å²) in [4.78, 5) is 4.67. The number of hydrogen-bond acceptors (Lipinski definition) is 3. The number of rotatable bonds is 10. The Morgan fingerprint density at radius 2 is 1.81 bits per heavy atom. The molecule has 154 valence electrons. The Hall–Kier alpha value is -0.0800. The standard InChI is InChI=1S/C20H39N3O2.HI/c1-2-21-20(23-13-9-18-7-4-3-5-8-18)22-12-6-14-25-17-19-10-15-24-16-11-19;/h18-19H,2-17H2,1H3,(H2,21,22,23);1H. The first-order chi connectivity index (χ1) is 12.4.